The van der Waals surface area contributed by atoms with E-state index in [9.17, 15) is 19.2 Å². The highest BCUT2D eigenvalue weighted by atomic mass is 16.4. The molecule has 0 aromatic heterocycles. The van der Waals surface area contributed by atoms with Crippen molar-refractivity contribution in [3.63, 3.8) is 0 Å². The molecule has 202 valence electrons. The van der Waals surface area contributed by atoms with Crippen LogP contribution in [0.25, 0.3) is 0 Å². The number of piperidine rings is 1. The van der Waals surface area contributed by atoms with Crippen LogP contribution in [0.5, 0.6) is 0 Å². The van der Waals surface area contributed by atoms with Gasteiger partial charge >= 0.3 is 5.97 Å². The lowest BCUT2D eigenvalue weighted by molar-refractivity contribution is -0.144. The Bertz CT molecular complexity index is 751. The van der Waals surface area contributed by atoms with Crippen molar-refractivity contribution in [3.05, 3.63) is 0 Å². The smallest absolute Gasteiger partial charge is 0.323 e. The Balaban J connectivity index is 2.95. The van der Waals surface area contributed by atoms with E-state index in [0.717, 1.165) is 25.8 Å². The summed E-state index contributed by atoms with van der Waals surface area (Å²) in [5.41, 5.74) is -0.489. The van der Waals surface area contributed by atoms with Crippen molar-refractivity contribution < 1.29 is 24.3 Å². The van der Waals surface area contributed by atoms with Crippen LogP contribution in [0.4, 0.5) is 0 Å². The third kappa shape index (κ3) is 9.40. The van der Waals surface area contributed by atoms with Gasteiger partial charge in [0.25, 0.3) is 0 Å². The molecule has 1 unspecified atom stereocenters. The number of hydrogen-bond donors (Lipinski definition) is 2. The molecule has 10 nitrogen and oxygen atoms in total. The van der Waals surface area contributed by atoms with E-state index in [1.165, 1.54) is 11.9 Å². The molecule has 1 aliphatic rings. The largest absolute Gasteiger partial charge is 0.480 e. The number of carbonyl (C=O) groups excluding carboxylic acids is 3. The minimum absolute atomic E-state index is 0.0441. The molecule has 2 N–H and O–H groups in total. The molecule has 0 aromatic rings. The number of nitrogens with one attached hydrogen (secondary N) is 1. The van der Waals surface area contributed by atoms with Gasteiger partial charge < -0.3 is 20.2 Å². The van der Waals surface area contributed by atoms with Crippen LogP contribution >= 0.6 is 0 Å². The van der Waals surface area contributed by atoms with Crippen LogP contribution in [0.2, 0.25) is 0 Å². The molecule has 35 heavy (non-hydrogen) atoms. The molecule has 1 fully saturated rings. The molecule has 1 heterocycles. The molecule has 3 amide bonds. The van der Waals surface area contributed by atoms with Crippen molar-refractivity contribution >= 4 is 23.7 Å². The Kier molecular flexibility index (Phi) is 11.6. The van der Waals surface area contributed by atoms with Crippen LogP contribution < -0.4 is 5.32 Å². The second-order valence-electron chi connectivity index (χ2n) is 11.4. The highest BCUT2D eigenvalue weighted by Crippen LogP contribution is 2.24. The molecule has 10 heteroatoms. The second-order valence-corrected chi connectivity index (χ2v) is 11.4. The van der Waals surface area contributed by atoms with Crippen LogP contribution in [0.3, 0.4) is 0 Å². The number of rotatable bonds is 11. The minimum atomic E-state index is -1.07. The fraction of sp³-hybridized carbons (Fsp3) is 0.840. The number of likely N-dealkylation sites (tertiary alicyclic amines) is 1. The fourth-order valence-corrected chi connectivity index (χ4v) is 4.47. The van der Waals surface area contributed by atoms with E-state index in [-0.39, 0.29) is 48.8 Å². The summed E-state index contributed by atoms with van der Waals surface area (Å²) in [7, 11) is 6.93. The Labute approximate surface area is 211 Å². The first-order valence-electron chi connectivity index (χ1n) is 12.5. The van der Waals surface area contributed by atoms with E-state index in [2.05, 4.69) is 10.2 Å². The maximum absolute atomic E-state index is 13.7. The number of carboxylic acid groups (broad SMARTS) is 1. The first-order chi connectivity index (χ1) is 16.1. The lowest BCUT2D eigenvalue weighted by Gasteiger charge is -2.40. The third-order valence-corrected chi connectivity index (χ3v) is 6.79. The van der Waals surface area contributed by atoms with Gasteiger partial charge in [-0.25, -0.2) is 0 Å². The predicted octanol–water partition coefficient (Wildman–Crippen LogP) is 0.959. The first kappa shape index (κ1) is 30.8. The summed E-state index contributed by atoms with van der Waals surface area (Å²) in [6, 6.07) is -1.12. The fourth-order valence-electron chi connectivity index (χ4n) is 4.47. The van der Waals surface area contributed by atoms with Crippen LogP contribution in [0, 0.1) is 11.3 Å². The van der Waals surface area contributed by atoms with Gasteiger partial charge in [-0.2, -0.15) is 0 Å². The van der Waals surface area contributed by atoms with Gasteiger partial charge in [-0.15, -0.1) is 0 Å². The third-order valence-electron chi connectivity index (χ3n) is 6.79. The number of nitrogens with zero attached hydrogens (tertiary/aromatic N) is 4. The lowest BCUT2D eigenvalue weighted by atomic mass is 9.84. The summed E-state index contributed by atoms with van der Waals surface area (Å²) < 4.78 is 0. The van der Waals surface area contributed by atoms with Gasteiger partial charge in [0.15, 0.2) is 0 Å². The van der Waals surface area contributed by atoms with E-state index in [1.54, 1.807) is 23.9 Å². The minimum Gasteiger partial charge on any atom is -0.480 e. The van der Waals surface area contributed by atoms with Gasteiger partial charge in [0.1, 0.15) is 12.6 Å². The van der Waals surface area contributed by atoms with Crippen LogP contribution in [-0.4, -0.2) is 121 Å². The topological polar surface area (TPSA) is 113 Å². The molecule has 1 rings (SSSR count). The predicted molar refractivity (Wildman–Crippen MR) is 136 cm³/mol. The van der Waals surface area contributed by atoms with E-state index in [0.29, 0.717) is 6.54 Å². The zero-order valence-electron chi connectivity index (χ0n) is 23.1. The zero-order valence-corrected chi connectivity index (χ0v) is 23.1. The molecule has 0 aliphatic carbocycles. The highest BCUT2D eigenvalue weighted by molar-refractivity contribution is 5.90. The standard InChI is InChI=1S/C25H47N5O5/c1-17(2)19(14-27(6)15-20(31)29(8)16-21(32)33)30(9)24(35)22(25(3,4)5)26-23(34)18-12-10-11-13-28(18)7/h17-19,22H,10-16H2,1-9H3,(H,26,34)(H,32,33)/t18-,19-,22?/m1/s1. The van der Waals surface area contributed by atoms with Crippen molar-refractivity contribution in [1.82, 2.24) is 24.9 Å². The lowest BCUT2D eigenvalue weighted by Crippen LogP contribution is -2.60. The maximum Gasteiger partial charge on any atom is 0.323 e. The van der Waals surface area contributed by atoms with Gasteiger partial charge in [-0.1, -0.05) is 41.0 Å². The normalized spacial score (nSPS) is 18.8. The van der Waals surface area contributed by atoms with E-state index in [1.807, 2.05) is 41.7 Å². The van der Waals surface area contributed by atoms with Crippen LogP contribution in [-0.2, 0) is 19.2 Å². The van der Waals surface area contributed by atoms with Crippen molar-refractivity contribution in [1.29, 1.82) is 0 Å². The van der Waals surface area contributed by atoms with E-state index >= 15 is 0 Å². The molecular weight excluding hydrogens is 450 g/mol. The van der Waals surface area contributed by atoms with Crippen molar-refractivity contribution in [2.24, 2.45) is 11.3 Å². The summed E-state index contributed by atoms with van der Waals surface area (Å²) >= 11 is 0. The van der Waals surface area contributed by atoms with Gasteiger partial charge in [0.2, 0.25) is 17.7 Å². The molecule has 1 saturated heterocycles. The molecule has 0 spiro atoms. The monoisotopic (exact) mass is 497 g/mol. The average molecular weight is 498 g/mol. The maximum atomic E-state index is 13.7. The highest BCUT2D eigenvalue weighted by Gasteiger charge is 2.39. The molecule has 3 atom stereocenters. The Morgan fingerprint density at radius 2 is 1.66 bits per heavy atom. The van der Waals surface area contributed by atoms with Crippen molar-refractivity contribution in [3.8, 4) is 0 Å². The van der Waals surface area contributed by atoms with Gasteiger partial charge in [0.05, 0.1) is 12.6 Å². The van der Waals surface area contributed by atoms with E-state index < -0.39 is 17.4 Å². The average Bonchev–Trinajstić information content (AvgIpc) is 2.73. The number of carboxylic acids is 1. The second kappa shape index (κ2) is 13.2. The molecular formula is C25H47N5O5. The molecule has 1 aliphatic heterocycles. The van der Waals surface area contributed by atoms with Crippen LogP contribution in [0.15, 0.2) is 0 Å². The summed E-state index contributed by atoms with van der Waals surface area (Å²) in [4.78, 5) is 56.8. The number of likely N-dealkylation sites (N-methyl/N-ethyl adjacent to an activating group) is 4. The number of amides is 3. The van der Waals surface area contributed by atoms with Crippen molar-refractivity contribution in [2.45, 2.75) is 72.0 Å². The summed E-state index contributed by atoms with van der Waals surface area (Å²) in [6.07, 6.45) is 2.86. The first-order valence-corrected chi connectivity index (χ1v) is 12.5. The molecule has 0 aromatic carbocycles. The Hall–Kier alpha value is -2.20. The van der Waals surface area contributed by atoms with Gasteiger partial charge in [-0.3, -0.25) is 29.0 Å². The molecule has 0 saturated carbocycles. The quantitative estimate of drug-likeness (QED) is 0.437. The zero-order chi connectivity index (χ0) is 27.1. The SMILES string of the molecule is CC(C)[C@@H](CN(C)CC(=O)N(C)CC(=O)O)N(C)C(=O)C(NC(=O)[C@H]1CCCCN1C)C(C)(C)C. The Morgan fingerprint density at radius 1 is 1.06 bits per heavy atom. The molecule has 0 radical (unpaired) electrons. The number of hydrogen-bond acceptors (Lipinski definition) is 6. The number of carbonyl (C=O) groups is 4. The van der Waals surface area contributed by atoms with Crippen molar-refractivity contribution in [2.75, 3.05) is 54.4 Å². The van der Waals surface area contributed by atoms with Crippen LogP contribution in [0.1, 0.15) is 53.9 Å². The number of aliphatic carboxylic acids is 1. The Morgan fingerprint density at radius 3 is 2.14 bits per heavy atom. The van der Waals surface area contributed by atoms with Gasteiger partial charge in [-0.05, 0) is 44.8 Å². The molecule has 0 bridgehead atoms. The summed E-state index contributed by atoms with van der Waals surface area (Å²) in [5.74, 6) is -1.55. The summed E-state index contributed by atoms with van der Waals surface area (Å²) in [6.45, 7) is 10.9. The summed E-state index contributed by atoms with van der Waals surface area (Å²) in [5, 5.41) is 12.0. The van der Waals surface area contributed by atoms with E-state index in [4.69, 9.17) is 5.11 Å². The van der Waals surface area contributed by atoms with Gasteiger partial charge in [0, 0.05) is 26.7 Å².